The Morgan fingerprint density at radius 3 is 2.59 bits per heavy atom. The average Bonchev–Trinajstić information content (AvgIpc) is 3.04. The standard InChI is InChI=1S/C19H17F2N3O3/c1-10(2)24-18-14(8-22-24)13(6-11(3)23-18)19(26)27-9-17(25)12-4-5-15(20)16(21)7-12/h4-8,10H,9H2,1-3H3. The Kier molecular flexibility index (Phi) is 4.98. The van der Waals surface area contributed by atoms with Gasteiger partial charge in [-0.15, -0.1) is 0 Å². The van der Waals surface area contributed by atoms with Gasteiger partial charge in [0.1, 0.15) is 0 Å². The van der Waals surface area contributed by atoms with E-state index in [1.54, 1.807) is 17.7 Å². The second kappa shape index (κ2) is 7.22. The minimum Gasteiger partial charge on any atom is -0.454 e. The van der Waals surface area contributed by atoms with Crippen molar-refractivity contribution in [1.82, 2.24) is 14.8 Å². The molecule has 2 aromatic heterocycles. The van der Waals surface area contributed by atoms with Crippen molar-refractivity contribution in [2.45, 2.75) is 26.8 Å². The van der Waals surface area contributed by atoms with E-state index in [0.717, 1.165) is 18.2 Å². The molecule has 0 amide bonds. The van der Waals surface area contributed by atoms with Gasteiger partial charge >= 0.3 is 5.97 Å². The summed E-state index contributed by atoms with van der Waals surface area (Å²) in [7, 11) is 0. The molecule has 0 aliphatic heterocycles. The summed E-state index contributed by atoms with van der Waals surface area (Å²) in [4.78, 5) is 29.0. The summed E-state index contributed by atoms with van der Waals surface area (Å²) in [5.41, 5.74) is 1.31. The van der Waals surface area contributed by atoms with Gasteiger partial charge < -0.3 is 4.74 Å². The highest BCUT2D eigenvalue weighted by Gasteiger charge is 2.19. The van der Waals surface area contributed by atoms with Crippen LogP contribution in [0.15, 0.2) is 30.5 Å². The number of fused-ring (bicyclic) bond motifs is 1. The van der Waals surface area contributed by atoms with E-state index >= 15 is 0 Å². The molecule has 140 valence electrons. The molecule has 0 atom stereocenters. The van der Waals surface area contributed by atoms with Gasteiger partial charge in [0.15, 0.2) is 29.7 Å². The molecule has 1 aromatic carbocycles. The van der Waals surface area contributed by atoms with E-state index in [1.807, 2.05) is 13.8 Å². The number of halogens is 2. The van der Waals surface area contributed by atoms with Crippen molar-refractivity contribution in [1.29, 1.82) is 0 Å². The Labute approximate surface area is 153 Å². The summed E-state index contributed by atoms with van der Waals surface area (Å²) >= 11 is 0. The van der Waals surface area contributed by atoms with Gasteiger partial charge in [-0.3, -0.25) is 4.79 Å². The zero-order valence-electron chi connectivity index (χ0n) is 15.0. The molecule has 27 heavy (non-hydrogen) atoms. The fourth-order valence-corrected chi connectivity index (χ4v) is 2.65. The van der Waals surface area contributed by atoms with Gasteiger partial charge in [0.25, 0.3) is 0 Å². The van der Waals surface area contributed by atoms with E-state index < -0.39 is 30.0 Å². The lowest BCUT2D eigenvalue weighted by molar-refractivity contribution is 0.0476. The van der Waals surface area contributed by atoms with Crippen molar-refractivity contribution in [3.63, 3.8) is 0 Å². The fraction of sp³-hybridized carbons (Fsp3) is 0.263. The topological polar surface area (TPSA) is 74.1 Å². The number of hydrogen-bond acceptors (Lipinski definition) is 5. The van der Waals surface area contributed by atoms with Crippen molar-refractivity contribution < 1.29 is 23.1 Å². The van der Waals surface area contributed by atoms with Crippen LogP contribution in [0.1, 0.15) is 46.3 Å². The summed E-state index contributed by atoms with van der Waals surface area (Å²) in [6.07, 6.45) is 1.52. The minimum atomic E-state index is -1.14. The number of rotatable bonds is 5. The second-order valence-electron chi connectivity index (χ2n) is 6.36. The molecule has 6 nitrogen and oxygen atoms in total. The number of ketones is 1. The molecule has 0 saturated carbocycles. The van der Waals surface area contributed by atoms with Crippen LogP contribution in [0.2, 0.25) is 0 Å². The fourth-order valence-electron chi connectivity index (χ4n) is 2.65. The minimum absolute atomic E-state index is 0.0515. The molecule has 0 spiro atoms. The smallest absolute Gasteiger partial charge is 0.339 e. The van der Waals surface area contributed by atoms with E-state index in [2.05, 4.69) is 10.1 Å². The molecular formula is C19H17F2N3O3. The SMILES string of the molecule is Cc1cc(C(=O)OCC(=O)c2ccc(F)c(F)c2)c2cnn(C(C)C)c2n1. The van der Waals surface area contributed by atoms with Gasteiger partial charge in [-0.25, -0.2) is 23.2 Å². The zero-order valence-corrected chi connectivity index (χ0v) is 15.0. The third-order valence-electron chi connectivity index (χ3n) is 3.98. The highest BCUT2D eigenvalue weighted by molar-refractivity contribution is 6.04. The van der Waals surface area contributed by atoms with Gasteiger partial charge in [0.2, 0.25) is 0 Å². The molecule has 3 aromatic rings. The average molecular weight is 373 g/mol. The van der Waals surface area contributed by atoms with E-state index in [4.69, 9.17) is 4.74 Å². The molecule has 3 rings (SSSR count). The van der Waals surface area contributed by atoms with E-state index in [9.17, 15) is 18.4 Å². The zero-order chi connectivity index (χ0) is 19.7. The van der Waals surface area contributed by atoms with Gasteiger partial charge in [-0.05, 0) is 45.0 Å². The largest absolute Gasteiger partial charge is 0.454 e. The number of esters is 1. The normalized spacial score (nSPS) is 11.2. The highest BCUT2D eigenvalue weighted by Crippen LogP contribution is 2.22. The van der Waals surface area contributed by atoms with Crippen molar-refractivity contribution in [2.75, 3.05) is 6.61 Å². The summed E-state index contributed by atoms with van der Waals surface area (Å²) < 4.78 is 33.0. The maximum Gasteiger partial charge on any atom is 0.339 e. The number of carbonyl (C=O) groups excluding carboxylic acids is 2. The Hall–Kier alpha value is -3.16. The second-order valence-corrected chi connectivity index (χ2v) is 6.36. The first-order valence-electron chi connectivity index (χ1n) is 8.28. The van der Waals surface area contributed by atoms with Gasteiger partial charge in [0.05, 0.1) is 17.1 Å². The first kappa shape index (κ1) is 18.6. The van der Waals surface area contributed by atoms with Crippen molar-refractivity contribution in [2.24, 2.45) is 0 Å². The number of ether oxygens (including phenoxy) is 1. The monoisotopic (exact) mass is 373 g/mol. The van der Waals surface area contributed by atoms with Crippen LogP contribution in [0.4, 0.5) is 8.78 Å². The number of hydrogen-bond donors (Lipinski definition) is 0. The van der Waals surface area contributed by atoms with E-state index in [-0.39, 0.29) is 17.2 Å². The lowest BCUT2D eigenvalue weighted by Crippen LogP contribution is -2.15. The predicted octanol–water partition coefficient (Wildman–Crippen LogP) is 3.64. The number of pyridine rings is 1. The lowest BCUT2D eigenvalue weighted by atomic mass is 10.1. The Bertz CT molecular complexity index is 1040. The Balaban J connectivity index is 1.82. The van der Waals surface area contributed by atoms with Gasteiger partial charge in [-0.1, -0.05) is 0 Å². The Morgan fingerprint density at radius 1 is 1.19 bits per heavy atom. The number of carbonyl (C=O) groups is 2. The van der Waals surface area contributed by atoms with Crippen molar-refractivity contribution in [3.8, 4) is 0 Å². The lowest BCUT2D eigenvalue weighted by Gasteiger charge is -2.09. The first-order chi connectivity index (χ1) is 12.8. The molecular weight excluding hydrogens is 356 g/mol. The molecule has 0 aliphatic carbocycles. The van der Waals surface area contributed by atoms with Crippen LogP contribution < -0.4 is 0 Å². The van der Waals surface area contributed by atoms with Crippen LogP contribution in [-0.4, -0.2) is 33.1 Å². The molecule has 8 heteroatoms. The molecule has 0 unspecified atom stereocenters. The van der Waals surface area contributed by atoms with Crippen molar-refractivity contribution >= 4 is 22.8 Å². The molecule has 2 heterocycles. The summed E-state index contributed by atoms with van der Waals surface area (Å²) in [5, 5.41) is 4.76. The quantitative estimate of drug-likeness (QED) is 0.504. The third-order valence-corrected chi connectivity index (χ3v) is 3.98. The summed E-state index contributed by atoms with van der Waals surface area (Å²) in [5.74, 6) is -3.55. The van der Waals surface area contributed by atoms with Crippen LogP contribution in [-0.2, 0) is 4.74 Å². The first-order valence-corrected chi connectivity index (χ1v) is 8.28. The Morgan fingerprint density at radius 2 is 1.93 bits per heavy atom. The third kappa shape index (κ3) is 3.69. The number of benzene rings is 1. The number of aryl methyl sites for hydroxylation is 1. The van der Waals surface area contributed by atoms with Crippen LogP contribution in [0.3, 0.4) is 0 Å². The van der Waals surface area contributed by atoms with E-state index in [1.165, 1.54) is 6.20 Å². The number of Topliss-reactive ketones (excluding diaryl/α,β-unsaturated/α-hetero) is 1. The van der Waals surface area contributed by atoms with Crippen LogP contribution in [0.5, 0.6) is 0 Å². The molecule has 0 fully saturated rings. The maximum atomic E-state index is 13.2. The van der Waals surface area contributed by atoms with Gasteiger partial charge in [0, 0.05) is 17.3 Å². The predicted molar refractivity (Wildman–Crippen MR) is 93.6 cm³/mol. The highest BCUT2D eigenvalue weighted by atomic mass is 19.2. The maximum absolute atomic E-state index is 13.2. The van der Waals surface area contributed by atoms with Crippen LogP contribution in [0, 0.1) is 18.6 Å². The van der Waals surface area contributed by atoms with Gasteiger partial charge in [-0.2, -0.15) is 5.10 Å². The van der Waals surface area contributed by atoms with E-state index in [0.29, 0.717) is 16.7 Å². The number of aromatic nitrogens is 3. The molecule has 0 aliphatic rings. The molecule has 0 saturated heterocycles. The molecule has 0 N–H and O–H groups in total. The van der Waals surface area contributed by atoms with Crippen LogP contribution in [0.25, 0.3) is 11.0 Å². The molecule has 0 radical (unpaired) electrons. The van der Waals surface area contributed by atoms with Crippen molar-refractivity contribution in [3.05, 3.63) is 58.9 Å². The summed E-state index contributed by atoms with van der Waals surface area (Å²) in [6, 6.07) is 4.36. The molecule has 0 bridgehead atoms. The summed E-state index contributed by atoms with van der Waals surface area (Å²) in [6.45, 7) is 5.02. The number of nitrogens with zero attached hydrogens (tertiary/aromatic N) is 3. The van der Waals surface area contributed by atoms with Crippen LogP contribution >= 0.6 is 0 Å².